The van der Waals surface area contributed by atoms with Crippen molar-refractivity contribution in [1.82, 2.24) is 5.32 Å². The van der Waals surface area contributed by atoms with Gasteiger partial charge in [0.05, 0.1) is 5.92 Å². The van der Waals surface area contributed by atoms with E-state index in [1.54, 1.807) is 0 Å². The second-order valence-corrected chi connectivity index (χ2v) is 3.86. The Morgan fingerprint density at radius 2 is 2.06 bits per heavy atom. The Morgan fingerprint density at radius 1 is 1.38 bits per heavy atom. The van der Waals surface area contributed by atoms with Crippen molar-refractivity contribution in [1.29, 1.82) is 0 Å². The molecular formula is C11H22N2O3. The molecule has 94 valence electrons. The molecule has 5 heteroatoms. The van der Waals surface area contributed by atoms with Crippen LogP contribution in [-0.4, -0.2) is 30.1 Å². The van der Waals surface area contributed by atoms with Gasteiger partial charge in [-0.15, -0.1) is 0 Å². The van der Waals surface area contributed by atoms with Gasteiger partial charge in [0.2, 0.25) is 5.91 Å². The van der Waals surface area contributed by atoms with E-state index in [1.165, 1.54) is 0 Å². The number of carboxylic acids is 1. The summed E-state index contributed by atoms with van der Waals surface area (Å²) in [5.74, 6) is -0.915. The van der Waals surface area contributed by atoms with Crippen molar-refractivity contribution >= 4 is 11.9 Å². The molecule has 1 atom stereocenters. The van der Waals surface area contributed by atoms with Crippen molar-refractivity contribution in [3.63, 3.8) is 0 Å². The molecule has 1 unspecified atom stereocenters. The van der Waals surface area contributed by atoms with Crippen LogP contribution in [-0.2, 0) is 9.59 Å². The van der Waals surface area contributed by atoms with E-state index in [9.17, 15) is 9.59 Å². The van der Waals surface area contributed by atoms with Crippen molar-refractivity contribution in [2.24, 2.45) is 11.7 Å². The second kappa shape index (κ2) is 9.15. The van der Waals surface area contributed by atoms with E-state index in [1.807, 2.05) is 6.92 Å². The summed E-state index contributed by atoms with van der Waals surface area (Å²) in [6.07, 6.45) is 3.19. The van der Waals surface area contributed by atoms with Crippen LogP contribution in [0.5, 0.6) is 0 Å². The number of hydrogen-bond acceptors (Lipinski definition) is 3. The van der Waals surface area contributed by atoms with Gasteiger partial charge in [-0.3, -0.25) is 9.59 Å². The normalized spacial score (nSPS) is 12.1. The first-order chi connectivity index (χ1) is 7.61. The summed E-state index contributed by atoms with van der Waals surface area (Å²) in [5, 5.41) is 11.2. The lowest BCUT2D eigenvalue weighted by Gasteiger charge is -2.13. The maximum atomic E-state index is 11.6. The summed E-state index contributed by atoms with van der Waals surface area (Å²) in [6, 6.07) is 0. The third-order valence-electron chi connectivity index (χ3n) is 2.41. The minimum atomic E-state index is -0.794. The van der Waals surface area contributed by atoms with Gasteiger partial charge in [0.15, 0.2) is 0 Å². The molecule has 0 aromatic heterocycles. The highest BCUT2D eigenvalue weighted by atomic mass is 16.4. The van der Waals surface area contributed by atoms with Gasteiger partial charge in [-0.25, -0.2) is 0 Å². The Bertz CT molecular complexity index is 219. The van der Waals surface area contributed by atoms with E-state index in [0.29, 0.717) is 25.9 Å². The number of nitrogens with one attached hydrogen (secondary N) is 1. The van der Waals surface area contributed by atoms with Crippen molar-refractivity contribution in [3.8, 4) is 0 Å². The van der Waals surface area contributed by atoms with Crippen molar-refractivity contribution in [2.75, 3.05) is 13.1 Å². The quantitative estimate of drug-likeness (QED) is 0.509. The molecule has 0 aliphatic rings. The summed E-state index contributed by atoms with van der Waals surface area (Å²) >= 11 is 0. The summed E-state index contributed by atoms with van der Waals surface area (Å²) in [7, 11) is 0. The maximum Gasteiger partial charge on any atom is 0.303 e. The molecule has 0 aliphatic carbocycles. The van der Waals surface area contributed by atoms with Crippen LogP contribution in [0.15, 0.2) is 0 Å². The van der Waals surface area contributed by atoms with Crippen molar-refractivity contribution in [2.45, 2.75) is 39.0 Å². The van der Waals surface area contributed by atoms with Crippen LogP contribution in [0, 0.1) is 5.92 Å². The van der Waals surface area contributed by atoms with Crippen LogP contribution in [0.25, 0.3) is 0 Å². The SMILES string of the molecule is CCCC(CN)C(=O)NCCCCC(=O)O. The Morgan fingerprint density at radius 3 is 2.56 bits per heavy atom. The maximum absolute atomic E-state index is 11.6. The third-order valence-corrected chi connectivity index (χ3v) is 2.41. The summed E-state index contributed by atoms with van der Waals surface area (Å²) in [5.41, 5.74) is 5.49. The Hall–Kier alpha value is -1.10. The fourth-order valence-corrected chi connectivity index (χ4v) is 1.46. The highest BCUT2D eigenvalue weighted by Gasteiger charge is 2.14. The molecule has 0 rings (SSSR count). The van der Waals surface area contributed by atoms with E-state index in [-0.39, 0.29) is 18.2 Å². The first-order valence-corrected chi connectivity index (χ1v) is 5.81. The Balaban J connectivity index is 3.59. The molecule has 0 saturated carbocycles. The molecule has 0 aromatic carbocycles. The molecular weight excluding hydrogens is 208 g/mol. The van der Waals surface area contributed by atoms with E-state index in [4.69, 9.17) is 10.8 Å². The lowest BCUT2D eigenvalue weighted by atomic mass is 10.0. The molecule has 0 aromatic rings. The second-order valence-electron chi connectivity index (χ2n) is 3.86. The molecule has 0 heterocycles. The van der Waals surface area contributed by atoms with Crippen LogP contribution in [0.3, 0.4) is 0 Å². The summed E-state index contributed by atoms with van der Waals surface area (Å²) in [4.78, 5) is 21.8. The first kappa shape index (κ1) is 14.9. The standard InChI is InChI=1S/C11H22N2O3/c1-2-5-9(8-12)11(16)13-7-4-3-6-10(14)15/h9H,2-8,12H2,1H3,(H,13,16)(H,14,15). The number of rotatable bonds is 9. The molecule has 1 amide bonds. The van der Waals surface area contributed by atoms with Gasteiger partial charge in [-0.2, -0.15) is 0 Å². The molecule has 16 heavy (non-hydrogen) atoms. The van der Waals surface area contributed by atoms with Crippen LogP contribution < -0.4 is 11.1 Å². The minimum absolute atomic E-state index is 0.0142. The zero-order valence-corrected chi connectivity index (χ0v) is 9.87. The molecule has 0 fully saturated rings. The average molecular weight is 230 g/mol. The fraction of sp³-hybridized carbons (Fsp3) is 0.818. The van der Waals surface area contributed by atoms with Gasteiger partial charge in [0.25, 0.3) is 0 Å². The number of carbonyl (C=O) groups excluding carboxylic acids is 1. The molecule has 0 radical (unpaired) electrons. The van der Waals surface area contributed by atoms with E-state index < -0.39 is 5.97 Å². The first-order valence-electron chi connectivity index (χ1n) is 5.81. The lowest BCUT2D eigenvalue weighted by Crippen LogP contribution is -2.35. The van der Waals surface area contributed by atoms with Gasteiger partial charge in [0.1, 0.15) is 0 Å². The largest absolute Gasteiger partial charge is 0.481 e. The van der Waals surface area contributed by atoms with Gasteiger partial charge in [-0.1, -0.05) is 13.3 Å². The van der Waals surface area contributed by atoms with Gasteiger partial charge in [0, 0.05) is 19.5 Å². The van der Waals surface area contributed by atoms with Crippen molar-refractivity contribution < 1.29 is 14.7 Å². The zero-order valence-electron chi connectivity index (χ0n) is 9.87. The van der Waals surface area contributed by atoms with Crippen LogP contribution >= 0.6 is 0 Å². The number of carbonyl (C=O) groups is 2. The lowest BCUT2D eigenvalue weighted by molar-refractivity contribution is -0.137. The Kier molecular flexibility index (Phi) is 8.52. The molecule has 4 N–H and O–H groups in total. The van der Waals surface area contributed by atoms with E-state index >= 15 is 0 Å². The predicted molar refractivity (Wildman–Crippen MR) is 61.9 cm³/mol. The van der Waals surface area contributed by atoms with Crippen LogP contribution in [0.4, 0.5) is 0 Å². The molecule has 0 bridgehead atoms. The van der Waals surface area contributed by atoms with E-state index in [2.05, 4.69) is 5.32 Å². The highest BCUT2D eigenvalue weighted by molar-refractivity contribution is 5.78. The van der Waals surface area contributed by atoms with E-state index in [0.717, 1.165) is 12.8 Å². The minimum Gasteiger partial charge on any atom is -0.481 e. The van der Waals surface area contributed by atoms with Gasteiger partial charge in [-0.05, 0) is 19.3 Å². The zero-order chi connectivity index (χ0) is 12.4. The highest BCUT2D eigenvalue weighted by Crippen LogP contribution is 2.04. The number of carboxylic acid groups (broad SMARTS) is 1. The van der Waals surface area contributed by atoms with Crippen molar-refractivity contribution in [3.05, 3.63) is 0 Å². The van der Waals surface area contributed by atoms with Gasteiger partial charge >= 0.3 is 5.97 Å². The summed E-state index contributed by atoms with van der Waals surface area (Å²) in [6.45, 7) is 2.92. The van der Waals surface area contributed by atoms with Crippen LogP contribution in [0.2, 0.25) is 0 Å². The number of hydrogen-bond donors (Lipinski definition) is 3. The number of unbranched alkanes of at least 4 members (excludes halogenated alkanes) is 1. The smallest absolute Gasteiger partial charge is 0.303 e. The van der Waals surface area contributed by atoms with Gasteiger partial charge < -0.3 is 16.2 Å². The molecule has 0 saturated heterocycles. The average Bonchev–Trinajstić information content (AvgIpc) is 2.24. The number of aliphatic carboxylic acids is 1. The fourth-order valence-electron chi connectivity index (χ4n) is 1.46. The molecule has 0 aliphatic heterocycles. The third kappa shape index (κ3) is 7.23. The summed E-state index contributed by atoms with van der Waals surface area (Å²) < 4.78 is 0. The Labute approximate surface area is 96.4 Å². The predicted octanol–water partition coefficient (Wildman–Crippen LogP) is 0.733. The molecule has 0 spiro atoms. The monoisotopic (exact) mass is 230 g/mol. The number of nitrogens with two attached hydrogens (primary N) is 1. The number of amides is 1. The van der Waals surface area contributed by atoms with Crippen LogP contribution in [0.1, 0.15) is 39.0 Å². The topological polar surface area (TPSA) is 92.4 Å². The molecule has 5 nitrogen and oxygen atoms in total.